The van der Waals surface area contributed by atoms with Crippen molar-refractivity contribution >= 4 is 119 Å². The van der Waals surface area contributed by atoms with Crippen molar-refractivity contribution in [1.82, 2.24) is 0 Å². The van der Waals surface area contributed by atoms with E-state index in [0.29, 0.717) is 0 Å². The fraction of sp³-hybridized carbons (Fsp3) is 0.500. The van der Waals surface area contributed by atoms with Gasteiger partial charge in [-0.1, -0.05) is 180 Å². The molecule has 1 aliphatic heterocycles. The molecular formula is C80H102S10. The Morgan fingerprint density at radius 2 is 0.622 bits per heavy atom. The smallest absolute Gasteiger partial charge is 0.0481 e. The molecule has 0 N–H and O–H groups in total. The van der Waals surface area contributed by atoms with Crippen molar-refractivity contribution in [2.75, 3.05) is 0 Å². The first-order valence-corrected chi connectivity index (χ1v) is 43.5. The van der Waals surface area contributed by atoms with Crippen LogP contribution in [0.4, 0.5) is 0 Å². The minimum Gasteiger partial charge on any atom is -0.140 e. The summed E-state index contributed by atoms with van der Waals surface area (Å²) in [6.45, 7) is 13.8. The van der Waals surface area contributed by atoms with Crippen LogP contribution in [0, 0.1) is 13.8 Å². The van der Waals surface area contributed by atoms with Crippen LogP contribution in [0.5, 0.6) is 0 Å². The van der Waals surface area contributed by atoms with Crippen molar-refractivity contribution in [3.05, 3.63) is 144 Å². The van der Waals surface area contributed by atoms with Crippen LogP contribution in [0.1, 0.15) is 256 Å². The Labute approximate surface area is 584 Å². The highest BCUT2D eigenvalue weighted by Gasteiger charge is 2.23. The molecular weight excluding hydrogens is 1280 g/mol. The van der Waals surface area contributed by atoms with Crippen LogP contribution in [-0.4, -0.2) is 0 Å². The molecule has 90 heavy (non-hydrogen) atoms. The third kappa shape index (κ3) is 20.3. The molecule has 0 radical (unpaired) electrons. The molecule has 10 heteroatoms. The topological polar surface area (TPSA) is 0 Å². The van der Waals surface area contributed by atoms with Gasteiger partial charge in [0.05, 0.1) is 0 Å². The minimum atomic E-state index is 1.14. The fourth-order valence-electron chi connectivity index (χ4n) is 12.7. The summed E-state index contributed by atoms with van der Waals surface area (Å²) < 4.78 is 0. The van der Waals surface area contributed by atoms with Crippen molar-refractivity contribution in [3.63, 3.8) is 0 Å². The van der Waals surface area contributed by atoms with E-state index in [0.717, 1.165) is 19.3 Å². The summed E-state index contributed by atoms with van der Waals surface area (Å²) in [4.78, 5) is 29.4. The zero-order valence-electron chi connectivity index (χ0n) is 55.4. The summed E-state index contributed by atoms with van der Waals surface area (Å²) in [7, 11) is 0. The molecule has 482 valence electrons. The first-order chi connectivity index (χ1) is 44.3. The van der Waals surface area contributed by atoms with Gasteiger partial charge in [-0.15, -0.1) is 102 Å². The summed E-state index contributed by atoms with van der Waals surface area (Å²) in [5, 5.41) is 0. The standard InChI is InChI=1S/C80H102S10/c1-7-11-15-19-23-28-35-59-53-73(65-49-50-66(85-65)74-54-60(36-29-24-20-16-12-8-2)78(88-74)70-46-43-57(5)81-70)87-77(59)69-42-33-27-32-39-63(83-69)40-34-41-64-45-48-72(84-64)80-62(38-31-26-22-18-14-10-4)56-76(90-80)68-52-51-67(86-68)75-55-61(37-30-25-21-17-13-9-3)79(89-75)71-47-44-58(6)82-71/h39,42-56H,7-38,40-41H2,1-6H3/b63-39-,69-42-. The summed E-state index contributed by atoms with van der Waals surface area (Å²) in [5.41, 5.74) is 6.26. The van der Waals surface area contributed by atoms with Gasteiger partial charge < -0.3 is 0 Å². The quantitative estimate of drug-likeness (QED) is 0.0345. The Kier molecular flexibility index (Phi) is 29.1. The lowest BCUT2D eigenvalue weighted by Crippen LogP contribution is -1.92. The third-order valence-electron chi connectivity index (χ3n) is 17.9. The molecule has 1 aliphatic rings. The van der Waals surface area contributed by atoms with E-state index >= 15 is 0 Å². The van der Waals surface area contributed by atoms with Gasteiger partial charge >= 0.3 is 0 Å². The zero-order valence-corrected chi connectivity index (χ0v) is 63.5. The van der Waals surface area contributed by atoms with Crippen molar-refractivity contribution in [2.45, 2.75) is 260 Å². The maximum absolute atomic E-state index is 2.63. The molecule has 0 fully saturated rings. The van der Waals surface area contributed by atoms with E-state index in [9.17, 15) is 0 Å². The average molecular weight is 1380 g/mol. The van der Waals surface area contributed by atoms with E-state index in [2.05, 4.69) is 184 Å². The first-order valence-electron chi connectivity index (χ1n) is 35.3. The normalized spacial score (nSPS) is 14.2. The Balaban J connectivity index is 0.825. The van der Waals surface area contributed by atoms with Gasteiger partial charge in [-0.05, 0) is 216 Å². The van der Waals surface area contributed by atoms with E-state index in [-0.39, 0.29) is 0 Å². The molecule has 0 amide bonds. The van der Waals surface area contributed by atoms with Crippen molar-refractivity contribution < 1.29 is 0 Å². The molecule has 0 aromatic carbocycles. The highest BCUT2D eigenvalue weighted by atomic mass is 32.2. The van der Waals surface area contributed by atoms with E-state index in [1.165, 1.54) is 287 Å². The number of thioether (sulfide) groups is 1. The monoisotopic (exact) mass is 1380 g/mol. The Morgan fingerprint density at radius 3 is 1.02 bits per heavy atom. The van der Waals surface area contributed by atoms with Gasteiger partial charge in [-0.25, -0.2) is 0 Å². The van der Waals surface area contributed by atoms with Gasteiger partial charge in [0.25, 0.3) is 0 Å². The molecule has 9 aromatic rings. The summed E-state index contributed by atoms with van der Waals surface area (Å²) >= 11 is 20.4. The number of hydrogen-bond donors (Lipinski definition) is 0. The maximum Gasteiger partial charge on any atom is 0.0481 e. The predicted octanol–water partition coefficient (Wildman–Crippen LogP) is 31.3. The highest BCUT2D eigenvalue weighted by Crippen LogP contribution is 2.51. The molecule has 0 atom stereocenters. The molecule has 0 saturated heterocycles. The van der Waals surface area contributed by atoms with Crippen LogP contribution in [0.3, 0.4) is 0 Å². The second-order valence-electron chi connectivity index (χ2n) is 25.5. The second-order valence-corrected chi connectivity index (χ2v) is 36.8. The van der Waals surface area contributed by atoms with Crippen LogP contribution in [0.15, 0.2) is 102 Å². The van der Waals surface area contributed by atoms with Gasteiger partial charge in [0, 0.05) is 92.7 Å². The Morgan fingerprint density at radius 1 is 0.278 bits per heavy atom. The summed E-state index contributed by atoms with van der Waals surface area (Å²) in [6.07, 6.45) is 49.1. The molecule has 0 nitrogen and oxygen atoms in total. The number of thiophene rings is 9. The van der Waals surface area contributed by atoms with Gasteiger partial charge in [0.1, 0.15) is 0 Å². The summed E-state index contributed by atoms with van der Waals surface area (Å²) in [5.74, 6) is 0. The molecule has 10 rings (SSSR count). The number of allylic oxidation sites excluding steroid dienone is 3. The number of unbranched alkanes of at least 4 members (excludes halogenated alkanes) is 20. The third-order valence-corrected chi connectivity index (χ3v) is 30.6. The minimum absolute atomic E-state index is 1.14. The van der Waals surface area contributed by atoms with E-state index in [4.69, 9.17) is 0 Å². The number of rotatable bonds is 40. The van der Waals surface area contributed by atoms with Gasteiger partial charge in [-0.3, -0.25) is 0 Å². The van der Waals surface area contributed by atoms with Crippen LogP contribution >= 0.6 is 114 Å². The maximum atomic E-state index is 2.63. The lowest BCUT2D eigenvalue weighted by molar-refractivity contribution is 0.608. The lowest BCUT2D eigenvalue weighted by Gasteiger charge is -2.14. The lowest BCUT2D eigenvalue weighted by atomic mass is 10.0. The van der Waals surface area contributed by atoms with Crippen LogP contribution in [0.2, 0.25) is 0 Å². The van der Waals surface area contributed by atoms with Crippen LogP contribution < -0.4 is 0 Å². The zero-order chi connectivity index (χ0) is 62.3. The van der Waals surface area contributed by atoms with Crippen LogP contribution in [-0.2, 0) is 32.1 Å². The van der Waals surface area contributed by atoms with Gasteiger partial charge in [-0.2, -0.15) is 0 Å². The van der Waals surface area contributed by atoms with Crippen molar-refractivity contribution in [2.24, 2.45) is 0 Å². The molecule has 0 bridgehead atoms. The Hall–Kier alpha value is -2.87. The van der Waals surface area contributed by atoms with Crippen molar-refractivity contribution in [1.29, 1.82) is 0 Å². The molecule has 9 aromatic heterocycles. The fourth-order valence-corrected chi connectivity index (χ4v) is 24.4. The largest absolute Gasteiger partial charge is 0.140 e. The Bertz CT molecular complexity index is 3600. The molecule has 0 saturated carbocycles. The highest BCUT2D eigenvalue weighted by molar-refractivity contribution is 8.12. The van der Waals surface area contributed by atoms with E-state index in [1.807, 2.05) is 68.0 Å². The molecule has 0 unspecified atom stereocenters. The SMILES string of the molecule is CCCCCCCCc1cc(-c2ccc(-c3cc(CCCCCCCC)c(-c4ccc(C)s4)s3)s2)sc1/C1=C/CCC/C=C(/CCCc2ccc(-c3sc(-c4ccc(-c5cc(CCCCCCCC)c(-c6ccc(C)s6)s5)s4)cc3CCCCCCCC)s2)S1. The molecule has 0 aliphatic carbocycles. The van der Waals surface area contributed by atoms with Crippen LogP contribution in [0.25, 0.3) is 73.2 Å². The van der Waals surface area contributed by atoms with Crippen molar-refractivity contribution in [3.8, 4) is 68.3 Å². The van der Waals surface area contributed by atoms with Gasteiger partial charge in [0.15, 0.2) is 0 Å². The average Bonchev–Trinajstić information content (AvgIpc) is 1.71. The summed E-state index contributed by atoms with van der Waals surface area (Å²) in [6, 6.07) is 34.4. The van der Waals surface area contributed by atoms with E-state index < -0.39 is 0 Å². The molecule has 0 spiro atoms. The predicted molar refractivity (Wildman–Crippen MR) is 420 cm³/mol. The number of hydrogen-bond acceptors (Lipinski definition) is 10. The first kappa shape index (κ1) is 69.9. The second kappa shape index (κ2) is 37.4. The van der Waals surface area contributed by atoms with Gasteiger partial charge in [0.2, 0.25) is 0 Å². The van der Waals surface area contributed by atoms with E-state index in [1.54, 1.807) is 32.0 Å². The number of aryl methyl sites for hydroxylation is 7. The molecule has 10 heterocycles.